The predicted molar refractivity (Wildman–Crippen MR) is 131 cm³/mol. The monoisotopic (exact) mass is 506 g/mol. The maximum Gasteiger partial charge on any atom is 0.270 e. The van der Waals surface area contributed by atoms with Gasteiger partial charge in [0.2, 0.25) is 5.91 Å². The molecule has 1 saturated carbocycles. The van der Waals surface area contributed by atoms with Crippen molar-refractivity contribution in [2.45, 2.75) is 70.9 Å². The number of rotatable bonds is 9. The lowest BCUT2D eigenvalue weighted by atomic mass is 9.85. The van der Waals surface area contributed by atoms with Crippen LogP contribution in [-0.4, -0.2) is 46.3 Å². The molecule has 1 aliphatic carbocycles. The quantitative estimate of drug-likeness (QED) is 0.422. The number of hydrogen-bond acceptors (Lipinski definition) is 5. The van der Waals surface area contributed by atoms with E-state index >= 15 is 0 Å². The van der Waals surface area contributed by atoms with Gasteiger partial charge in [0, 0.05) is 25.5 Å². The van der Waals surface area contributed by atoms with E-state index in [4.69, 9.17) is 16.3 Å². The molecule has 0 unspecified atom stereocenters. The SMILES string of the molecule is COC(C)(C)CCC(=O)c1nc[nH]c1C(=O)NC1CCC(C(=O)Nc2cc(C)c(F)cc2Cl)CC1. The minimum absolute atomic E-state index is 0.119. The summed E-state index contributed by atoms with van der Waals surface area (Å²) < 4.78 is 19.0. The van der Waals surface area contributed by atoms with Gasteiger partial charge in [-0.25, -0.2) is 9.37 Å². The molecule has 8 nitrogen and oxygen atoms in total. The van der Waals surface area contributed by atoms with Crippen LogP contribution in [0.4, 0.5) is 10.1 Å². The number of nitrogens with zero attached hydrogens (tertiary/aromatic N) is 1. The molecule has 2 amide bonds. The normalized spacial score (nSPS) is 18.2. The Hall–Kier alpha value is -2.78. The number of carbonyl (C=O) groups excluding carboxylic acids is 3. The van der Waals surface area contributed by atoms with Crippen LogP contribution in [0.1, 0.15) is 78.9 Å². The summed E-state index contributed by atoms with van der Waals surface area (Å²) in [6.45, 7) is 5.39. The van der Waals surface area contributed by atoms with Crippen molar-refractivity contribution in [1.82, 2.24) is 15.3 Å². The van der Waals surface area contributed by atoms with Crippen LogP contribution in [0.25, 0.3) is 0 Å². The average molecular weight is 507 g/mol. The third kappa shape index (κ3) is 6.89. The van der Waals surface area contributed by atoms with Crippen LogP contribution in [0.5, 0.6) is 0 Å². The maximum absolute atomic E-state index is 13.6. The first kappa shape index (κ1) is 26.8. The molecule has 1 aromatic heterocycles. The van der Waals surface area contributed by atoms with E-state index in [1.165, 1.54) is 18.5 Å². The molecule has 10 heteroatoms. The van der Waals surface area contributed by atoms with Crippen molar-refractivity contribution < 1.29 is 23.5 Å². The van der Waals surface area contributed by atoms with E-state index in [0.29, 0.717) is 43.4 Å². The van der Waals surface area contributed by atoms with Gasteiger partial charge in [-0.3, -0.25) is 14.4 Å². The van der Waals surface area contributed by atoms with Crippen molar-refractivity contribution in [2.75, 3.05) is 12.4 Å². The zero-order valence-electron chi connectivity index (χ0n) is 20.5. The molecule has 0 spiro atoms. The van der Waals surface area contributed by atoms with E-state index in [1.54, 1.807) is 14.0 Å². The molecule has 3 rings (SSSR count). The molecule has 0 saturated heterocycles. The Balaban J connectivity index is 1.52. The van der Waals surface area contributed by atoms with Gasteiger partial charge in [-0.1, -0.05) is 11.6 Å². The Morgan fingerprint density at radius 2 is 1.91 bits per heavy atom. The molecule has 1 heterocycles. The number of anilines is 1. The summed E-state index contributed by atoms with van der Waals surface area (Å²) in [5, 5.41) is 5.89. The summed E-state index contributed by atoms with van der Waals surface area (Å²) in [5.41, 5.74) is 0.604. The Morgan fingerprint density at radius 3 is 2.57 bits per heavy atom. The molecule has 0 atom stereocenters. The van der Waals surface area contributed by atoms with Gasteiger partial charge in [0.05, 0.1) is 22.6 Å². The van der Waals surface area contributed by atoms with Gasteiger partial charge < -0.3 is 20.4 Å². The third-order valence-corrected chi connectivity index (χ3v) is 6.89. The molecule has 35 heavy (non-hydrogen) atoms. The Kier molecular flexibility index (Phi) is 8.66. The van der Waals surface area contributed by atoms with Crippen LogP contribution >= 0.6 is 11.6 Å². The fourth-order valence-corrected chi connectivity index (χ4v) is 4.26. The second-order valence-electron chi connectivity index (χ2n) is 9.61. The average Bonchev–Trinajstić information content (AvgIpc) is 3.32. The number of benzene rings is 1. The number of methoxy groups -OCH3 is 1. The minimum Gasteiger partial charge on any atom is -0.379 e. The minimum atomic E-state index is -0.444. The van der Waals surface area contributed by atoms with Gasteiger partial charge in [-0.05, 0) is 70.6 Å². The highest BCUT2D eigenvalue weighted by Crippen LogP contribution is 2.29. The number of Topliss-reactive ketones (excluding diaryl/α,β-unsaturated/α-hetero) is 1. The highest BCUT2D eigenvalue weighted by atomic mass is 35.5. The number of aryl methyl sites for hydroxylation is 1. The first-order valence-corrected chi connectivity index (χ1v) is 12.1. The molecule has 190 valence electrons. The number of hydrogen-bond donors (Lipinski definition) is 3. The summed E-state index contributed by atoms with van der Waals surface area (Å²) in [5.74, 6) is -1.46. The number of ketones is 1. The second-order valence-corrected chi connectivity index (χ2v) is 10.0. The number of nitrogens with one attached hydrogen (secondary N) is 3. The van der Waals surface area contributed by atoms with E-state index in [-0.39, 0.29) is 46.5 Å². The predicted octanol–water partition coefficient (Wildman–Crippen LogP) is 4.83. The van der Waals surface area contributed by atoms with Crippen molar-refractivity contribution in [2.24, 2.45) is 5.92 Å². The van der Waals surface area contributed by atoms with Gasteiger partial charge in [0.15, 0.2) is 5.78 Å². The molecule has 1 aliphatic rings. The zero-order valence-corrected chi connectivity index (χ0v) is 21.2. The molecule has 3 N–H and O–H groups in total. The van der Waals surface area contributed by atoms with Gasteiger partial charge >= 0.3 is 0 Å². The molecule has 0 bridgehead atoms. The van der Waals surface area contributed by atoms with Crippen molar-refractivity contribution >= 4 is 34.9 Å². The molecule has 2 aromatic rings. The number of halogens is 2. The molecular formula is C25H32ClFN4O4. The Morgan fingerprint density at radius 1 is 1.23 bits per heavy atom. The van der Waals surface area contributed by atoms with Crippen molar-refractivity contribution in [3.8, 4) is 0 Å². The smallest absolute Gasteiger partial charge is 0.270 e. The highest BCUT2D eigenvalue weighted by molar-refractivity contribution is 6.33. The molecule has 1 fully saturated rings. The summed E-state index contributed by atoms with van der Waals surface area (Å²) in [4.78, 5) is 45.0. The zero-order chi connectivity index (χ0) is 25.8. The van der Waals surface area contributed by atoms with Gasteiger partial charge in [-0.2, -0.15) is 0 Å². The number of ether oxygens (including phenoxy) is 1. The standard InChI is InChI=1S/C25H32ClFN4O4/c1-14-11-19(17(26)12-18(14)27)31-23(33)15-5-7-16(8-6-15)30-24(34)22-21(28-13-29-22)20(32)9-10-25(2,3)35-4/h11-13,15-16H,5-10H2,1-4H3,(H,28,29)(H,30,34)(H,31,33). The summed E-state index contributed by atoms with van der Waals surface area (Å²) in [6, 6.07) is 2.58. The van der Waals surface area contributed by atoms with E-state index in [0.717, 1.165) is 0 Å². The van der Waals surface area contributed by atoms with Gasteiger partial charge in [-0.15, -0.1) is 0 Å². The van der Waals surface area contributed by atoms with E-state index in [9.17, 15) is 18.8 Å². The van der Waals surface area contributed by atoms with Gasteiger partial charge in [0.1, 0.15) is 17.2 Å². The lowest BCUT2D eigenvalue weighted by Gasteiger charge is -2.28. The van der Waals surface area contributed by atoms with Crippen molar-refractivity contribution in [1.29, 1.82) is 0 Å². The van der Waals surface area contributed by atoms with Crippen molar-refractivity contribution in [3.63, 3.8) is 0 Å². The fraction of sp³-hybridized carbons (Fsp3) is 0.520. The number of H-pyrrole nitrogens is 1. The van der Waals surface area contributed by atoms with Crippen LogP contribution in [0.2, 0.25) is 5.02 Å². The van der Waals surface area contributed by atoms with Gasteiger partial charge in [0.25, 0.3) is 5.91 Å². The summed E-state index contributed by atoms with van der Waals surface area (Å²) in [7, 11) is 1.59. The highest BCUT2D eigenvalue weighted by Gasteiger charge is 2.29. The summed E-state index contributed by atoms with van der Waals surface area (Å²) in [6.07, 6.45) is 4.44. The second kappa shape index (κ2) is 11.3. The van der Waals surface area contributed by atoms with E-state index in [1.807, 2.05) is 13.8 Å². The molecule has 0 aliphatic heterocycles. The largest absolute Gasteiger partial charge is 0.379 e. The summed E-state index contributed by atoms with van der Waals surface area (Å²) >= 11 is 6.06. The van der Waals surface area contributed by atoms with Crippen LogP contribution in [0, 0.1) is 18.7 Å². The number of carbonyl (C=O) groups is 3. The molecular weight excluding hydrogens is 475 g/mol. The lowest BCUT2D eigenvalue weighted by molar-refractivity contribution is -0.120. The topological polar surface area (TPSA) is 113 Å². The molecule has 0 radical (unpaired) electrons. The van der Waals surface area contributed by atoms with Crippen molar-refractivity contribution in [3.05, 3.63) is 46.3 Å². The fourth-order valence-electron chi connectivity index (χ4n) is 4.06. The van der Waals surface area contributed by atoms with Crippen LogP contribution in [0.3, 0.4) is 0 Å². The number of aromatic nitrogens is 2. The number of imidazole rings is 1. The number of aromatic amines is 1. The number of amides is 2. The van der Waals surface area contributed by atoms with Crippen LogP contribution < -0.4 is 10.6 Å². The first-order chi connectivity index (χ1) is 16.5. The Labute approximate surface area is 209 Å². The Bertz CT molecular complexity index is 1090. The molecule has 1 aromatic carbocycles. The van der Waals surface area contributed by atoms with E-state index < -0.39 is 17.3 Å². The first-order valence-electron chi connectivity index (χ1n) is 11.7. The van der Waals surface area contributed by atoms with E-state index in [2.05, 4.69) is 20.6 Å². The third-order valence-electron chi connectivity index (χ3n) is 6.58. The maximum atomic E-state index is 13.6. The lowest BCUT2D eigenvalue weighted by Crippen LogP contribution is -2.40. The van der Waals surface area contributed by atoms with Crippen LogP contribution in [0.15, 0.2) is 18.5 Å². The van der Waals surface area contributed by atoms with Crippen LogP contribution in [-0.2, 0) is 9.53 Å².